The molecule has 0 bridgehead atoms. The molecular weight excluding hydrogens is 568 g/mol. The van der Waals surface area contributed by atoms with Crippen LogP contribution < -0.4 is 5.73 Å². The van der Waals surface area contributed by atoms with Crippen LogP contribution >= 0.6 is 0 Å². The number of rotatable bonds is 5. The Morgan fingerprint density at radius 3 is 2.34 bits per heavy atom. The maximum absolute atomic E-state index is 13.8. The molecule has 6 rings (SSSR count). The third-order valence-corrected chi connectivity index (χ3v) is 9.74. The number of likely N-dealkylation sites (tertiary alicyclic amines) is 1. The van der Waals surface area contributed by atoms with Gasteiger partial charge in [0, 0.05) is 24.5 Å². The average molecular weight is 603 g/mol. The number of allylic oxidation sites excluding steroid dienone is 2. The Kier molecular flexibility index (Phi) is 7.33. The standard InChI is InChI=1S/C33H34N2O9/c1-44-32(42)18-8-10-35(11-9-18)15-16-2-4-17(5-3-16)21-6-7-23(36)26-22(21)13-19-12-20-14-24(37)27(31(34)41)30(40)33(20,43)29(39)25(19)28(26)38/h2-7,18-20,36-37,39,43H,8-15H2,1H3,(H2,34,41)/t19-,20+,33+/m1/s1. The lowest BCUT2D eigenvalue weighted by molar-refractivity contribution is -0.147. The number of piperidine rings is 1. The lowest BCUT2D eigenvalue weighted by atomic mass is 9.60. The van der Waals surface area contributed by atoms with Gasteiger partial charge in [0.25, 0.3) is 5.91 Å². The van der Waals surface area contributed by atoms with Crippen LogP contribution in [0.25, 0.3) is 11.1 Å². The third kappa shape index (κ3) is 4.58. The number of hydrogen-bond donors (Lipinski definition) is 5. The molecule has 0 aromatic heterocycles. The van der Waals surface area contributed by atoms with Gasteiger partial charge in [-0.3, -0.25) is 24.1 Å². The van der Waals surface area contributed by atoms with Crippen LogP contribution in [0.1, 0.15) is 47.2 Å². The average Bonchev–Trinajstić information content (AvgIpc) is 2.99. The number of nitrogens with two attached hydrogens (primary N) is 1. The van der Waals surface area contributed by atoms with Gasteiger partial charge in [0.15, 0.2) is 11.4 Å². The Morgan fingerprint density at radius 2 is 1.70 bits per heavy atom. The number of aromatic hydroxyl groups is 1. The lowest BCUT2D eigenvalue weighted by Crippen LogP contribution is -2.57. The van der Waals surface area contributed by atoms with Crippen LogP contribution in [0, 0.1) is 17.8 Å². The van der Waals surface area contributed by atoms with E-state index in [4.69, 9.17) is 10.5 Å². The first-order valence-corrected chi connectivity index (χ1v) is 14.7. The zero-order chi connectivity index (χ0) is 31.5. The van der Waals surface area contributed by atoms with Gasteiger partial charge in [0.1, 0.15) is 22.8 Å². The number of nitrogens with zero attached hydrogens (tertiary/aromatic N) is 1. The number of esters is 1. The van der Waals surface area contributed by atoms with E-state index in [0.29, 0.717) is 5.56 Å². The normalized spacial score (nSPS) is 25.8. The molecule has 0 saturated carbocycles. The highest BCUT2D eigenvalue weighted by Crippen LogP contribution is 2.52. The van der Waals surface area contributed by atoms with Crippen LogP contribution in [0.5, 0.6) is 5.75 Å². The Morgan fingerprint density at radius 1 is 1.02 bits per heavy atom. The predicted molar refractivity (Wildman–Crippen MR) is 156 cm³/mol. The fourth-order valence-corrected chi connectivity index (χ4v) is 7.43. The van der Waals surface area contributed by atoms with Crippen LogP contribution in [-0.4, -0.2) is 74.6 Å². The van der Waals surface area contributed by atoms with E-state index in [1.165, 1.54) is 13.2 Å². The van der Waals surface area contributed by atoms with Crippen LogP contribution in [0.3, 0.4) is 0 Å². The van der Waals surface area contributed by atoms with Gasteiger partial charge in [-0.25, -0.2) is 0 Å². The number of methoxy groups -OCH3 is 1. The predicted octanol–water partition coefficient (Wildman–Crippen LogP) is 2.63. The van der Waals surface area contributed by atoms with Crippen LogP contribution in [-0.2, 0) is 32.1 Å². The lowest BCUT2D eigenvalue weighted by Gasteiger charge is -2.45. The summed E-state index contributed by atoms with van der Waals surface area (Å²) in [6.07, 6.45) is 1.53. The van der Waals surface area contributed by atoms with Gasteiger partial charge in [-0.2, -0.15) is 0 Å². The second-order valence-corrected chi connectivity index (χ2v) is 12.2. The number of fused-ring (bicyclic) bond motifs is 3. The number of carbonyl (C=O) groups is 4. The molecule has 2 aromatic rings. The quantitative estimate of drug-likeness (QED) is 0.251. The number of amides is 1. The van der Waals surface area contributed by atoms with Crippen molar-refractivity contribution >= 4 is 23.4 Å². The molecule has 1 amide bonds. The van der Waals surface area contributed by atoms with Crippen molar-refractivity contribution in [3.8, 4) is 16.9 Å². The Hall–Kier alpha value is -4.48. The van der Waals surface area contributed by atoms with Crippen molar-refractivity contribution < 1.29 is 44.3 Å². The largest absolute Gasteiger partial charge is 0.511 e. The minimum absolute atomic E-state index is 0.0170. The number of phenols is 1. The number of ketones is 2. The van der Waals surface area contributed by atoms with Gasteiger partial charge in [-0.15, -0.1) is 0 Å². The molecule has 0 radical (unpaired) electrons. The minimum Gasteiger partial charge on any atom is -0.511 e. The Balaban J connectivity index is 1.29. The molecule has 3 atom stereocenters. The molecule has 3 aliphatic carbocycles. The van der Waals surface area contributed by atoms with Gasteiger partial charge in [-0.05, 0) is 73.0 Å². The number of aliphatic hydroxyl groups excluding tert-OH is 2. The number of hydrogen-bond acceptors (Lipinski definition) is 10. The molecule has 44 heavy (non-hydrogen) atoms. The van der Waals surface area contributed by atoms with Crippen LogP contribution in [0.2, 0.25) is 0 Å². The molecular formula is C33H34N2O9. The molecule has 0 unspecified atom stereocenters. The first-order valence-electron chi connectivity index (χ1n) is 14.7. The molecule has 1 aliphatic heterocycles. The first-order chi connectivity index (χ1) is 20.9. The summed E-state index contributed by atoms with van der Waals surface area (Å²) in [5.74, 6) is -6.72. The smallest absolute Gasteiger partial charge is 0.308 e. The van der Waals surface area contributed by atoms with E-state index in [1.54, 1.807) is 6.07 Å². The SMILES string of the molecule is COC(=O)C1CCN(Cc2ccc(-c3ccc(O)c4c3C[C@H]3C[C@H]5CC(O)=C(C(N)=O)C(=O)[C@@]5(O)C(O)=C3C4=O)cc2)CC1. The van der Waals surface area contributed by atoms with Crippen LogP contribution in [0.4, 0.5) is 0 Å². The van der Waals surface area contributed by atoms with Gasteiger partial charge in [0.05, 0.1) is 18.6 Å². The molecule has 11 nitrogen and oxygen atoms in total. The Labute approximate surface area is 253 Å². The van der Waals surface area contributed by atoms with Crippen molar-refractivity contribution in [1.82, 2.24) is 4.90 Å². The van der Waals surface area contributed by atoms with E-state index in [2.05, 4.69) is 4.90 Å². The fourth-order valence-electron chi connectivity index (χ4n) is 7.43. The highest BCUT2D eigenvalue weighted by Gasteiger charge is 2.59. The van der Waals surface area contributed by atoms with Gasteiger partial charge in [-0.1, -0.05) is 30.3 Å². The van der Waals surface area contributed by atoms with E-state index < -0.39 is 52.0 Å². The summed E-state index contributed by atoms with van der Waals surface area (Å²) in [4.78, 5) is 52.9. The topological polar surface area (TPSA) is 188 Å². The van der Waals surface area contributed by atoms with E-state index >= 15 is 0 Å². The number of ether oxygens (including phenoxy) is 1. The molecule has 11 heteroatoms. The molecule has 1 saturated heterocycles. The number of primary amides is 1. The number of phenolic OH excluding ortho intramolecular Hbond substituents is 1. The summed E-state index contributed by atoms with van der Waals surface area (Å²) in [5, 5.41) is 43.8. The van der Waals surface area contributed by atoms with Gasteiger partial charge < -0.3 is 30.9 Å². The first kappa shape index (κ1) is 29.6. The molecule has 230 valence electrons. The van der Waals surface area contributed by atoms with Crippen molar-refractivity contribution in [1.29, 1.82) is 0 Å². The number of carbonyl (C=O) groups excluding carboxylic acids is 4. The number of Topliss-reactive ketones (excluding diaryl/α,β-unsaturated/α-hetero) is 2. The number of aliphatic hydroxyl groups is 3. The minimum atomic E-state index is -2.59. The van der Waals surface area contributed by atoms with Crippen molar-refractivity contribution in [2.75, 3.05) is 20.2 Å². The fraction of sp³-hybridized carbons (Fsp3) is 0.394. The van der Waals surface area contributed by atoms with E-state index in [0.717, 1.165) is 49.2 Å². The molecule has 1 fully saturated rings. The highest BCUT2D eigenvalue weighted by molar-refractivity contribution is 6.24. The summed E-state index contributed by atoms with van der Waals surface area (Å²) in [5.41, 5.74) is 4.89. The van der Waals surface area contributed by atoms with Crippen LogP contribution in [0.15, 0.2) is 59.1 Å². The molecule has 6 N–H and O–H groups in total. The summed E-state index contributed by atoms with van der Waals surface area (Å²) >= 11 is 0. The zero-order valence-corrected chi connectivity index (χ0v) is 24.2. The van der Waals surface area contributed by atoms with E-state index in [9.17, 15) is 39.6 Å². The molecule has 0 spiro atoms. The van der Waals surface area contributed by atoms with Crippen molar-refractivity contribution in [2.24, 2.45) is 23.5 Å². The zero-order valence-electron chi connectivity index (χ0n) is 24.2. The monoisotopic (exact) mass is 602 g/mol. The van der Waals surface area contributed by atoms with Crippen molar-refractivity contribution in [3.05, 3.63) is 75.8 Å². The summed E-state index contributed by atoms with van der Waals surface area (Å²) in [6, 6.07) is 11.0. The van der Waals surface area contributed by atoms with E-state index in [-0.39, 0.29) is 48.0 Å². The third-order valence-electron chi connectivity index (χ3n) is 9.74. The molecule has 4 aliphatic rings. The second kappa shape index (κ2) is 10.9. The maximum Gasteiger partial charge on any atom is 0.308 e. The molecule has 2 aromatic carbocycles. The van der Waals surface area contributed by atoms with Gasteiger partial charge in [0.2, 0.25) is 5.78 Å². The highest BCUT2D eigenvalue weighted by atomic mass is 16.5. The van der Waals surface area contributed by atoms with Gasteiger partial charge >= 0.3 is 5.97 Å². The number of benzene rings is 2. The van der Waals surface area contributed by atoms with E-state index in [1.807, 2.05) is 24.3 Å². The summed E-state index contributed by atoms with van der Waals surface area (Å²) in [6.45, 7) is 2.30. The molecule has 1 heterocycles. The van der Waals surface area contributed by atoms with Crippen molar-refractivity contribution in [3.63, 3.8) is 0 Å². The Bertz CT molecular complexity index is 1650. The summed E-state index contributed by atoms with van der Waals surface area (Å²) in [7, 11) is 1.41. The summed E-state index contributed by atoms with van der Waals surface area (Å²) < 4.78 is 4.87. The van der Waals surface area contributed by atoms with Crippen molar-refractivity contribution in [2.45, 2.75) is 44.2 Å². The maximum atomic E-state index is 13.8. The second-order valence-electron chi connectivity index (χ2n) is 12.2.